The van der Waals surface area contributed by atoms with Gasteiger partial charge in [0.1, 0.15) is 6.10 Å². The van der Waals surface area contributed by atoms with Crippen LogP contribution in [0, 0.1) is 0 Å². The van der Waals surface area contributed by atoms with E-state index >= 15 is 0 Å². The molecule has 4 heteroatoms. The molecule has 0 aromatic rings. The van der Waals surface area contributed by atoms with E-state index < -0.39 is 6.10 Å². The van der Waals surface area contributed by atoms with Gasteiger partial charge in [-0.3, -0.25) is 4.79 Å². The summed E-state index contributed by atoms with van der Waals surface area (Å²) in [7, 11) is 0. The number of thioether (sulfide) groups is 1. The Hall–Kier alpha value is -0.220. The molecule has 1 rings (SSSR count). The van der Waals surface area contributed by atoms with Crippen LogP contribution in [0.15, 0.2) is 0 Å². The van der Waals surface area contributed by atoms with Crippen LogP contribution in [0.2, 0.25) is 0 Å². The number of carbonyl (C=O) groups excluding carboxylic acids is 1. The van der Waals surface area contributed by atoms with Gasteiger partial charge in [-0.15, -0.1) is 0 Å². The molecule has 1 unspecified atom stereocenters. The third-order valence-electron chi connectivity index (χ3n) is 2.27. The minimum atomic E-state index is -0.873. The Balaban J connectivity index is 2.71. The van der Waals surface area contributed by atoms with E-state index in [1.807, 2.05) is 25.6 Å². The quantitative estimate of drug-likeness (QED) is 0.682. The lowest BCUT2D eigenvalue weighted by molar-refractivity contribution is -0.143. The number of aliphatic hydroxyl groups excluding tert-OH is 1. The van der Waals surface area contributed by atoms with Gasteiger partial charge in [0.05, 0.1) is 0 Å². The van der Waals surface area contributed by atoms with Crippen molar-refractivity contribution in [2.45, 2.75) is 32.4 Å². The summed E-state index contributed by atoms with van der Waals surface area (Å²) >= 11 is 1.86. The molecule has 3 nitrogen and oxygen atoms in total. The predicted octanol–water partition coefficient (Wildman–Crippen LogP) is 0.721. The van der Waals surface area contributed by atoms with Gasteiger partial charge in [-0.2, -0.15) is 11.8 Å². The lowest BCUT2D eigenvalue weighted by atomic mass is 10.0. The molecule has 1 heterocycles. The lowest BCUT2D eigenvalue weighted by Crippen LogP contribution is -2.55. The molecule has 0 bridgehead atoms. The fourth-order valence-electron chi connectivity index (χ4n) is 1.49. The number of hydrogen-bond donors (Lipinski definition) is 1. The third kappa shape index (κ3) is 2.38. The van der Waals surface area contributed by atoms with Crippen LogP contribution in [0.25, 0.3) is 0 Å². The van der Waals surface area contributed by atoms with Gasteiger partial charge in [0.2, 0.25) is 0 Å². The normalized spacial score (nSPS) is 24.2. The Labute approximate surface area is 83.5 Å². The first kappa shape index (κ1) is 10.9. The molecule has 1 N–H and O–H groups in total. The van der Waals surface area contributed by atoms with Crippen LogP contribution in [0.5, 0.6) is 0 Å². The van der Waals surface area contributed by atoms with E-state index in [1.54, 1.807) is 4.90 Å². The molecule has 1 fully saturated rings. The third-order valence-corrected chi connectivity index (χ3v) is 3.65. The summed E-state index contributed by atoms with van der Waals surface area (Å²) in [4.78, 5) is 13.4. The van der Waals surface area contributed by atoms with Crippen LogP contribution in [-0.2, 0) is 4.79 Å². The largest absolute Gasteiger partial charge is 0.384 e. The van der Waals surface area contributed by atoms with Crippen molar-refractivity contribution in [3.63, 3.8) is 0 Å². The van der Waals surface area contributed by atoms with E-state index in [4.69, 9.17) is 0 Å². The van der Waals surface area contributed by atoms with Crippen molar-refractivity contribution in [2.24, 2.45) is 0 Å². The maximum Gasteiger partial charge on any atom is 0.251 e. The van der Waals surface area contributed by atoms with Gasteiger partial charge in [-0.25, -0.2) is 0 Å². The molecule has 1 saturated heterocycles. The van der Waals surface area contributed by atoms with Crippen LogP contribution in [0.4, 0.5) is 0 Å². The van der Waals surface area contributed by atoms with E-state index in [-0.39, 0.29) is 11.4 Å². The van der Waals surface area contributed by atoms with Crippen molar-refractivity contribution in [3.05, 3.63) is 0 Å². The van der Waals surface area contributed by atoms with E-state index in [1.165, 1.54) is 6.92 Å². The zero-order valence-corrected chi connectivity index (χ0v) is 9.23. The molecule has 76 valence electrons. The minimum absolute atomic E-state index is 0.114. The van der Waals surface area contributed by atoms with Crippen molar-refractivity contribution in [1.82, 2.24) is 4.90 Å². The number of carbonyl (C=O) groups is 1. The summed E-state index contributed by atoms with van der Waals surface area (Å²) in [6.45, 7) is 6.36. The lowest BCUT2D eigenvalue weighted by Gasteiger charge is -2.42. The van der Waals surface area contributed by atoms with Crippen LogP contribution in [0.3, 0.4) is 0 Å². The molecule has 0 saturated carbocycles. The summed E-state index contributed by atoms with van der Waals surface area (Å²) in [5, 5.41) is 9.21. The van der Waals surface area contributed by atoms with Crippen LogP contribution in [0.1, 0.15) is 20.8 Å². The van der Waals surface area contributed by atoms with Gasteiger partial charge in [0, 0.05) is 23.6 Å². The Morgan fingerprint density at radius 3 is 2.69 bits per heavy atom. The molecular weight excluding hydrogens is 186 g/mol. The Morgan fingerprint density at radius 2 is 2.23 bits per heavy atom. The van der Waals surface area contributed by atoms with E-state index in [2.05, 4.69) is 0 Å². The van der Waals surface area contributed by atoms with Gasteiger partial charge in [0.25, 0.3) is 5.91 Å². The second-order valence-corrected chi connectivity index (χ2v) is 5.14. The first-order valence-corrected chi connectivity index (χ1v) is 5.68. The van der Waals surface area contributed by atoms with Crippen molar-refractivity contribution < 1.29 is 9.90 Å². The van der Waals surface area contributed by atoms with Gasteiger partial charge in [0.15, 0.2) is 0 Å². The molecule has 0 aromatic carbocycles. The molecule has 0 radical (unpaired) electrons. The van der Waals surface area contributed by atoms with E-state index in [9.17, 15) is 9.90 Å². The molecule has 1 amide bonds. The molecule has 1 aliphatic rings. The van der Waals surface area contributed by atoms with E-state index in [0.717, 1.165) is 18.1 Å². The van der Waals surface area contributed by atoms with Crippen LogP contribution in [-0.4, -0.2) is 45.6 Å². The second kappa shape index (κ2) is 3.88. The molecular formula is C9H17NO2S. The number of amides is 1. The van der Waals surface area contributed by atoms with Crippen molar-refractivity contribution in [2.75, 3.05) is 18.1 Å². The van der Waals surface area contributed by atoms with Gasteiger partial charge in [-0.05, 0) is 20.8 Å². The molecule has 1 atom stereocenters. The number of rotatable bonds is 1. The maximum atomic E-state index is 11.6. The summed E-state index contributed by atoms with van der Waals surface area (Å²) in [5.74, 6) is 1.78. The Morgan fingerprint density at radius 1 is 1.62 bits per heavy atom. The Kier molecular flexibility index (Phi) is 3.24. The molecule has 0 spiro atoms. The summed E-state index contributed by atoms with van der Waals surface area (Å²) in [6.07, 6.45) is -0.873. The smallest absolute Gasteiger partial charge is 0.251 e. The number of aliphatic hydroxyl groups is 1. The summed E-state index contributed by atoms with van der Waals surface area (Å²) in [5.41, 5.74) is -0.114. The highest BCUT2D eigenvalue weighted by atomic mass is 32.2. The second-order valence-electron chi connectivity index (χ2n) is 4.03. The topological polar surface area (TPSA) is 40.5 Å². The maximum absolute atomic E-state index is 11.6. The average Bonchev–Trinajstić information content (AvgIpc) is 2.02. The molecule has 1 aliphatic heterocycles. The molecule has 13 heavy (non-hydrogen) atoms. The Bertz CT molecular complexity index is 204. The van der Waals surface area contributed by atoms with Crippen LogP contribution >= 0.6 is 11.8 Å². The van der Waals surface area contributed by atoms with Gasteiger partial charge < -0.3 is 10.0 Å². The summed E-state index contributed by atoms with van der Waals surface area (Å²) in [6, 6.07) is 0. The standard InChI is InChI=1S/C9H17NO2S/c1-7(11)8(12)10-4-5-13-6-9(10,2)3/h7,11H,4-6H2,1-3H3. The fourth-order valence-corrected chi connectivity index (χ4v) is 2.60. The number of nitrogens with zero attached hydrogens (tertiary/aromatic N) is 1. The fraction of sp³-hybridized carbons (Fsp3) is 0.889. The van der Waals surface area contributed by atoms with Gasteiger partial charge >= 0.3 is 0 Å². The van der Waals surface area contributed by atoms with Crippen molar-refractivity contribution in [1.29, 1.82) is 0 Å². The first-order chi connectivity index (χ1) is 5.95. The van der Waals surface area contributed by atoms with Crippen molar-refractivity contribution >= 4 is 17.7 Å². The zero-order valence-electron chi connectivity index (χ0n) is 8.41. The highest BCUT2D eigenvalue weighted by molar-refractivity contribution is 7.99. The minimum Gasteiger partial charge on any atom is -0.384 e. The average molecular weight is 203 g/mol. The van der Waals surface area contributed by atoms with E-state index in [0.29, 0.717) is 0 Å². The zero-order chi connectivity index (χ0) is 10.1. The highest BCUT2D eigenvalue weighted by Gasteiger charge is 2.34. The number of hydrogen-bond acceptors (Lipinski definition) is 3. The monoisotopic (exact) mass is 203 g/mol. The predicted molar refractivity (Wildman–Crippen MR) is 54.8 cm³/mol. The molecule has 0 aromatic heterocycles. The van der Waals surface area contributed by atoms with Gasteiger partial charge in [-0.1, -0.05) is 0 Å². The summed E-state index contributed by atoms with van der Waals surface area (Å²) < 4.78 is 0. The SMILES string of the molecule is CC(O)C(=O)N1CCSCC1(C)C. The van der Waals surface area contributed by atoms with Crippen molar-refractivity contribution in [3.8, 4) is 0 Å². The highest BCUT2D eigenvalue weighted by Crippen LogP contribution is 2.26. The first-order valence-electron chi connectivity index (χ1n) is 4.52. The molecule has 0 aliphatic carbocycles. The van der Waals surface area contributed by atoms with Crippen LogP contribution < -0.4 is 0 Å².